The highest BCUT2D eigenvalue weighted by atomic mass is 15.2. The maximum atomic E-state index is 5.71. The number of benzene rings is 1. The molecule has 0 amide bonds. The van der Waals surface area contributed by atoms with E-state index in [9.17, 15) is 0 Å². The van der Waals surface area contributed by atoms with Crippen molar-refractivity contribution >= 4 is 5.69 Å². The first-order chi connectivity index (χ1) is 7.19. The third-order valence-corrected chi connectivity index (χ3v) is 3.19. The molecule has 2 N–H and O–H groups in total. The monoisotopic (exact) mass is 204 g/mol. The zero-order valence-corrected chi connectivity index (χ0v) is 9.66. The van der Waals surface area contributed by atoms with Gasteiger partial charge in [0, 0.05) is 18.8 Å². The molecule has 2 heteroatoms. The van der Waals surface area contributed by atoms with Crippen LogP contribution < -0.4 is 10.6 Å². The second kappa shape index (κ2) is 4.23. The van der Waals surface area contributed by atoms with Crippen molar-refractivity contribution < 1.29 is 0 Å². The standard InChI is InChI=1S/C13H20N2/c1-10-5-11(2)7-13(6-10)15-4-3-12(8-14)9-15/h5-7,12H,3-4,8-9,14H2,1-2H3. The molecule has 1 fully saturated rings. The lowest BCUT2D eigenvalue weighted by Crippen LogP contribution is -2.22. The molecule has 15 heavy (non-hydrogen) atoms. The Labute approximate surface area is 92.1 Å². The van der Waals surface area contributed by atoms with Crippen molar-refractivity contribution in [2.75, 3.05) is 24.5 Å². The van der Waals surface area contributed by atoms with Gasteiger partial charge < -0.3 is 10.6 Å². The maximum Gasteiger partial charge on any atom is 0.0371 e. The summed E-state index contributed by atoms with van der Waals surface area (Å²) < 4.78 is 0. The molecule has 82 valence electrons. The average Bonchev–Trinajstić information content (AvgIpc) is 2.64. The molecule has 0 bridgehead atoms. The first kappa shape index (κ1) is 10.5. The Balaban J connectivity index is 2.16. The average molecular weight is 204 g/mol. The Morgan fingerprint density at radius 3 is 2.47 bits per heavy atom. The zero-order valence-electron chi connectivity index (χ0n) is 9.66. The normalized spacial score (nSPS) is 21.0. The second-order valence-corrected chi connectivity index (χ2v) is 4.68. The van der Waals surface area contributed by atoms with Gasteiger partial charge in [0.25, 0.3) is 0 Å². The Hall–Kier alpha value is -1.02. The second-order valence-electron chi connectivity index (χ2n) is 4.68. The lowest BCUT2D eigenvalue weighted by atomic mass is 10.1. The van der Waals surface area contributed by atoms with E-state index >= 15 is 0 Å². The quantitative estimate of drug-likeness (QED) is 0.799. The Morgan fingerprint density at radius 1 is 1.27 bits per heavy atom. The molecule has 0 spiro atoms. The van der Waals surface area contributed by atoms with E-state index < -0.39 is 0 Å². The van der Waals surface area contributed by atoms with E-state index in [1.54, 1.807) is 0 Å². The number of nitrogens with two attached hydrogens (primary N) is 1. The highest BCUT2D eigenvalue weighted by Crippen LogP contribution is 2.25. The molecule has 0 radical (unpaired) electrons. The maximum absolute atomic E-state index is 5.71. The summed E-state index contributed by atoms with van der Waals surface area (Å²) in [6.07, 6.45) is 1.24. The molecule has 1 aliphatic rings. The molecule has 2 nitrogen and oxygen atoms in total. The summed E-state index contributed by atoms with van der Waals surface area (Å²) in [4.78, 5) is 2.46. The molecule has 0 saturated carbocycles. The number of rotatable bonds is 2. The summed E-state index contributed by atoms with van der Waals surface area (Å²) in [6, 6.07) is 6.76. The molecule has 0 aromatic heterocycles. The SMILES string of the molecule is Cc1cc(C)cc(N2CCC(CN)C2)c1. The Bertz CT molecular complexity index is 326. The van der Waals surface area contributed by atoms with Gasteiger partial charge in [-0.3, -0.25) is 0 Å². The summed E-state index contributed by atoms with van der Waals surface area (Å²) in [6.45, 7) is 7.42. The summed E-state index contributed by atoms with van der Waals surface area (Å²) in [7, 11) is 0. The van der Waals surface area contributed by atoms with Crippen LogP contribution in [0.1, 0.15) is 17.5 Å². The molecule has 1 unspecified atom stereocenters. The van der Waals surface area contributed by atoms with E-state index in [2.05, 4.69) is 36.9 Å². The number of hydrogen-bond acceptors (Lipinski definition) is 2. The molecule has 1 aliphatic heterocycles. The van der Waals surface area contributed by atoms with Crippen LogP contribution in [0.5, 0.6) is 0 Å². The predicted molar refractivity (Wildman–Crippen MR) is 65.3 cm³/mol. The van der Waals surface area contributed by atoms with Crippen LogP contribution in [0.15, 0.2) is 18.2 Å². The third kappa shape index (κ3) is 2.32. The van der Waals surface area contributed by atoms with E-state index in [4.69, 9.17) is 5.73 Å². The number of anilines is 1. The fourth-order valence-corrected chi connectivity index (χ4v) is 2.39. The highest BCUT2D eigenvalue weighted by Gasteiger charge is 2.21. The number of nitrogens with zero attached hydrogens (tertiary/aromatic N) is 1. The van der Waals surface area contributed by atoms with Gasteiger partial charge in [0.05, 0.1) is 0 Å². The van der Waals surface area contributed by atoms with Crippen molar-refractivity contribution in [3.63, 3.8) is 0 Å². The van der Waals surface area contributed by atoms with Crippen LogP contribution in [-0.4, -0.2) is 19.6 Å². The summed E-state index contributed by atoms with van der Waals surface area (Å²) >= 11 is 0. The minimum atomic E-state index is 0.686. The van der Waals surface area contributed by atoms with Crippen LogP contribution in [0.2, 0.25) is 0 Å². The van der Waals surface area contributed by atoms with Crippen molar-refractivity contribution in [3.05, 3.63) is 29.3 Å². The topological polar surface area (TPSA) is 29.3 Å². The Morgan fingerprint density at radius 2 is 1.93 bits per heavy atom. The predicted octanol–water partition coefficient (Wildman–Crippen LogP) is 2.09. The molecule has 1 saturated heterocycles. The van der Waals surface area contributed by atoms with E-state index in [-0.39, 0.29) is 0 Å². The minimum Gasteiger partial charge on any atom is -0.371 e. The van der Waals surface area contributed by atoms with Gasteiger partial charge in [-0.25, -0.2) is 0 Å². The van der Waals surface area contributed by atoms with Gasteiger partial charge in [-0.05, 0) is 56.0 Å². The van der Waals surface area contributed by atoms with Gasteiger partial charge in [-0.1, -0.05) is 6.07 Å². The van der Waals surface area contributed by atoms with Crippen LogP contribution in [0.3, 0.4) is 0 Å². The van der Waals surface area contributed by atoms with Crippen molar-refractivity contribution in [2.45, 2.75) is 20.3 Å². The van der Waals surface area contributed by atoms with Crippen LogP contribution in [0, 0.1) is 19.8 Å². The highest BCUT2D eigenvalue weighted by molar-refractivity contribution is 5.51. The van der Waals surface area contributed by atoms with Gasteiger partial charge in [0.1, 0.15) is 0 Å². The van der Waals surface area contributed by atoms with Crippen LogP contribution in [-0.2, 0) is 0 Å². The van der Waals surface area contributed by atoms with Gasteiger partial charge in [0.15, 0.2) is 0 Å². The molecular weight excluding hydrogens is 184 g/mol. The molecule has 1 aromatic rings. The molecule has 2 rings (SSSR count). The summed E-state index contributed by atoms with van der Waals surface area (Å²) in [5.74, 6) is 0.686. The fourth-order valence-electron chi connectivity index (χ4n) is 2.39. The summed E-state index contributed by atoms with van der Waals surface area (Å²) in [5, 5.41) is 0. The van der Waals surface area contributed by atoms with Crippen molar-refractivity contribution in [1.29, 1.82) is 0 Å². The van der Waals surface area contributed by atoms with Crippen molar-refractivity contribution in [2.24, 2.45) is 11.7 Å². The third-order valence-electron chi connectivity index (χ3n) is 3.19. The fraction of sp³-hybridized carbons (Fsp3) is 0.538. The lowest BCUT2D eigenvalue weighted by Gasteiger charge is -2.19. The zero-order chi connectivity index (χ0) is 10.8. The first-order valence-electron chi connectivity index (χ1n) is 5.72. The van der Waals surface area contributed by atoms with Crippen LogP contribution in [0.4, 0.5) is 5.69 Å². The van der Waals surface area contributed by atoms with E-state index in [0.717, 1.165) is 19.6 Å². The largest absolute Gasteiger partial charge is 0.371 e. The smallest absolute Gasteiger partial charge is 0.0371 e. The van der Waals surface area contributed by atoms with Gasteiger partial charge in [-0.15, -0.1) is 0 Å². The van der Waals surface area contributed by atoms with E-state index in [1.165, 1.54) is 23.2 Å². The molecule has 0 aliphatic carbocycles. The van der Waals surface area contributed by atoms with Gasteiger partial charge in [-0.2, -0.15) is 0 Å². The minimum absolute atomic E-state index is 0.686. The van der Waals surface area contributed by atoms with Crippen molar-refractivity contribution in [3.8, 4) is 0 Å². The number of aryl methyl sites for hydroxylation is 2. The Kier molecular flexibility index (Phi) is 2.96. The van der Waals surface area contributed by atoms with Crippen LogP contribution in [0.25, 0.3) is 0 Å². The van der Waals surface area contributed by atoms with Crippen LogP contribution >= 0.6 is 0 Å². The molecular formula is C13H20N2. The van der Waals surface area contributed by atoms with E-state index in [0.29, 0.717) is 5.92 Å². The first-order valence-corrected chi connectivity index (χ1v) is 5.72. The molecule has 1 atom stereocenters. The lowest BCUT2D eigenvalue weighted by molar-refractivity contribution is 0.602. The number of hydrogen-bond donors (Lipinski definition) is 1. The van der Waals surface area contributed by atoms with Crippen molar-refractivity contribution in [1.82, 2.24) is 0 Å². The van der Waals surface area contributed by atoms with Gasteiger partial charge >= 0.3 is 0 Å². The summed E-state index contributed by atoms with van der Waals surface area (Å²) in [5.41, 5.74) is 9.77. The van der Waals surface area contributed by atoms with Gasteiger partial charge in [0.2, 0.25) is 0 Å². The molecule has 1 heterocycles. The molecule has 1 aromatic carbocycles. The van der Waals surface area contributed by atoms with E-state index in [1.807, 2.05) is 0 Å².